The highest BCUT2D eigenvalue weighted by atomic mass is 35.5. The van der Waals surface area contributed by atoms with Crippen molar-refractivity contribution in [3.63, 3.8) is 0 Å². The molecule has 0 fully saturated rings. The van der Waals surface area contributed by atoms with E-state index in [2.05, 4.69) is 5.32 Å². The maximum atomic E-state index is 11.9. The molecule has 4 nitrogen and oxygen atoms in total. The Labute approximate surface area is 140 Å². The van der Waals surface area contributed by atoms with Crippen molar-refractivity contribution in [2.45, 2.75) is 0 Å². The van der Waals surface area contributed by atoms with E-state index < -0.39 is 6.03 Å². The number of urea groups is 1. The van der Waals surface area contributed by atoms with E-state index in [0.717, 1.165) is 0 Å². The second-order valence-electron chi connectivity index (χ2n) is 3.97. The van der Waals surface area contributed by atoms with Gasteiger partial charge < -0.3 is 5.32 Å². The predicted octanol–water partition coefficient (Wildman–Crippen LogP) is 5.73. The van der Waals surface area contributed by atoms with Crippen molar-refractivity contribution in [1.29, 1.82) is 0 Å². The molecule has 2 aromatic rings. The predicted molar refractivity (Wildman–Crippen MR) is 86.2 cm³/mol. The van der Waals surface area contributed by atoms with Crippen LogP contribution in [0, 0.1) is 0 Å². The Hall–Kier alpha value is -1.17. The van der Waals surface area contributed by atoms with Crippen LogP contribution < -0.4 is 10.4 Å². The highest BCUT2D eigenvalue weighted by Gasteiger charge is 2.15. The summed E-state index contributed by atoms with van der Waals surface area (Å²) in [6.07, 6.45) is 0. The first-order chi connectivity index (χ1) is 9.88. The Balaban J connectivity index is 2.15. The van der Waals surface area contributed by atoms with Gasteiger partial charge in [0, 0.05) is 5.69 Å². The van der Waals surface area contributed by atoms with Gasteiger partial charge in [-0.25, -0.2) is 4.79 Å². The number of benzene rings is 2. The first kappa shape index (κ1) is 16.2. The van der Waals surface area contributed by atoms with E-state index in [0.29, 0.717) is 20.8 Å². The lowest BCUT2D eigenvalue weighted by Gasteiger charge is -2.16. The zero-order chi connectivity index (χ0) is 15.6. The fraction of sp³-hybridized carbons (Fsp3) is 0. The van der Waals surface area contributed by atoms with E-state index in [1.807, 2.05) is 0 Å². The molecule has 0 spiro atoms. The van der Waals surface area contributed by atoms with Crippen molar-refractivity contribution < 1.29 is 10.0 Å². The second-order valence-corrected chi connectivity index (χ2v) is 5.60. The number of carbonyl (C=O) groups is 1. The van der Waals surface area contributed by atoms with Gasteiger partial charge in [0.2, 0.25) is 0 Å². The van der Waals surface area contributed by atoms with Crippen molar-refractivity contribution in [2.24, 2.45) is 0 Å². The van der Waals surface area contributed by atoms with E-state index >= 15 is 0 Å². The average Bonchev–Trinajstić information content (AvgIpc) is 2.45. The van der Waals surface area contributed by atoms with Gasteiger partial charge in [-0.15, -0.1) is 0 Å². The first-order valence-electron chi connectivity index (χ1n) is 5.58. The lowest BCUT2D eigenvalue weighted by Crippen LogP contribution is -2.31. The summed E-state index contributed by atoms with van der Waals surface area (Å²) in [5, 5.41) is 13.9. The van der Waals surface area contributed by atoms with Crippen LogP contribution in [0.4, 0.5) is 16.2 Å². The summed E-state index contributed by atoms with van der Waals surface area (Å²) >= 11 is 23.2. The lowest BCUT2D eigenvalue weighted by atomic mass is 10.3. The Bertz CT molecular complexity index is 694. The zero-order valence-corrected chi connectivity index (χ0v) is 13.3. The second kappa shape index (κ2) is 6.73. The Morgan fingerprint density at radius 3 is 2.05 bits per heavy atom. The van der Waals surface area contributed by atoms with Gasteiger partial charge in [0.05, 0.1) is 25.8 Å². The molecule has 110 valence electrons. The number of amides is 2. The van der Waals surface area contributed by atoms with Gasteiger partial charge in [0.15, 0.2) is 0 Å². The Morgan fingerprint density at radius 2 is 1.48 bits per heavy atom. The van der Waals surface area contributed by atoms with Gasteiger partial charge in [0.1, 0.15) is 0 Å². The minimum atomic E-state index is -0.785. The number of hydrogen-bond donors (Lipinski definition) is 2. The van der Waals surface area contributed by atoms with Crippen molar-refractivity contribution in [3.8, 4) is 0 Å². The molecule has 0 bridgehead atoms. The van der Waals surface area contributed by atoms with Crippen LogP contribution in [0.25, 0.3) is 0 Å². The maximum Gasteiger partial charge on any atom is 0.350 e. The molecular weight excluding hydrogens is 358 g/mol. The fourth-order valence-corrected chi connectivity index (χ4v) is 2.07. The van der Waals surface area contributed by atoms with Crippen LogP contribution in [0.5, 0.6) is 0 Å². The van der Waals surface area contributed by atoms with Crippen LogP contribution in [-0.2, 0) is 0 Å². The van der Waals surface area contributed by atoms with Crippen LogP contribution in [0.3, 0.4) is 0 Å². The smallest absolute Gasteiger partial charge is 0.306 e. The van der Waals surface area contributed by atoms with Crippen molar-refractivity contribution in [1.82, 2.24) is 0 Å². The number of halogens is 4. The third kappa shape index (κ3) is 3.93. The van der Waals surface area contributed by atoms with Crippen LogP contribution in [0.15, 0.2) is 36.4 Å². The monoisotopic (exact) mass is 364 g/mol. The lowest BCUT2D eigenvalue weighted by molar-refractivity contribution is 0.216. The maximum absolute atomic E-state index is 11.9. The molecule has 0 saturated heterocycles. The third-order valence-electron chi connectivity index (χ3n) is 2.51. The van der Waals surface area contributed by atoms with Gasteiger partial charge >= 0.3 is 6.03 Å². The molecule has 0 radical (unpaired) electrons. The molecule has 2 N–H and O–H groups in total. The van der Waals surface area contributed by atoms with E-state index in [9.17, 15) is 10.0 Å². The first-order valence-corrected chi connectivity index (χ1v) is 7.10. The van der Waals surface area contributed by atoms with Crippen molar-refractivity contribution in [3.05, 3.63) is 56.5 Å². The highest BCUT2D eigenvalue weighted by Crippen LogP contribution is 2.28. The largest absolute Gasteiger partial charge is 0.350 e. The number of nitrogens with one attached hydrogen (secondary N) is 1. The van der Waals surface area contributed by atoms with E-state index in [4.69, 9.17) is 46.4 Å². The summed E-state index contributed by atoms with van der Waals surface area (Å²) in [7, 11) is 0. The summed E-state index contributed by atoms with van der Waals surface area (Å²) < 4.78 is 0. The molecule has 0 atom stereocenters. The number of anilines is 2. The van der Waals surface area contributed by atoms with E-state index in [1.165, 1.54) is 30.3 Å². The average molecular weight is 366 g/mol. The number of hydroxylamine groups is 1. The summed E-state index contributed by atoms with van der Waals surface area (Å²) in [5.41, 5.74) is 0.551. The normalized spacial score (nSPS) is 10.3. The van der Waals surface area contributed by atoms with Crippen molar-refractivity contribution >= 4 is 63.8 Å². The van der Waals surface area contributed by atoms with Crippen LogP contribution >= 0.6 is 46.4 Å². The summed E-state index contributed by atoms with van der Waals surface area (Å²) in [6, 6.07) is 8.03. The van der Waals surface area contributed by atoms with E-state index in [1.54, 1.807) is 6.07 Å². The molecule has 0 aliphatic rings. The van der Waals surface area contributed by atoms with Gasteiger partial charge in [-0.1, -0.05) is 46.4 Å². The van der Waals surface area contributed by atoms with Gasteiger partial charge in [-0.05, 0) is 36.4 Å². The standard InChI is InChI=1S/C13H8Cl4N2O2/c14-9-3-1-7(5-11(9)16)18-13(20)19(21)8-2-4-10(15)12(17)6-8/h1-6,21H,(H,18,20). The fourth-order valence-electron chi connectivity index (χ4n) is 1.48. The molecule has 0 aliphatic heterocycles. The summed E-state index contributed by atoms with van der Waals surface area (Å²) in [5.74, 6) is 0. The van der Waals surface area contributed by atoms with Crippen LogP contribution in [-0.4, -0.2) is 11.2 Å². The zero-order valence-electron chi connectivity index (χ0n) is 10.3. The molecule has 2 aromatic carbocycles. The van der Waals surface area contributed by atoms with Crippen LogP contribution in [0.1, 0.15) is 0 Å². The minimum Gasteiger partial charge on any atom is -0.306 e. The summed E-state index contributed by atoms with van der Waals surface area (Å²) in [4.78, 5) is 11.9. The highest BCUT2D eigenvalue weighted by molar-refractivity contribution is 6.42. The molecule has 2 amide bonds. The molecule has 8 heteroatoms. The third-order valence-corrected chi connectivity index (χ3v) is 3.99. The Kier molecular flexibility index (Phi) is 5.19. The molecule has 0 aromatic heterocycles. The van der Waals surface area contributed by atoms with Crippen molar-refractivity contribution in [2.75, 3.05) is 10.4 Å². The molecule has 21 heavy (non-hydrogen) atoms. The number of carbonyl (C=O) groups excluding carboxylic acids is 1. The minimum absolute atomic E-state index is 0.168. The molecule has 0 saturated carbocycles. The molecule has 0 aliphatic carbocycles. The SMILES string of the molecule is O=C(Nc1ccc(Cl)c(Cl)c1)N(O)c1ccc(Cl)c(Cl)c1. The molecule has 2 rings (SSSR count). The number of nitrogens with zero attached hydrogens (tertiary/aromatic N) is 1. The molecule has 0 unspecified atom stereocenters. The molecular formula is C13H8Cl4N2O2. The quantitative estimate of drug-likeness (QED) is 0.527. The number of hydrogen-bond acceptors (Lipinski definition) is 2. The summed E-state index contributed by atoms with van der Waals surface area (Å²) in [6.45, 7) is 0. The molecule has 0 heterocycles. The van der Waals surface area contributed by atoms with Gasteiger partial charge in [0.25, 0.3) is 0 Å². The topological polar surface area (TPSA) is 52.6 Å². The van der Waals surface area contributed by atoms with E-state index in [-0.39, 0.29) is 15.7 Å². The van der Waals surface area contributed by atoms with Gasteiger partial charge in [-0.2, -0.15) is 5.06 Å². The van der Waals surface area contributed by atoms with Gasteiger partial charge in [-0.3, -0.25) is 5.21 Å². The number of rotatable bonds is 2. The van der Waals surface area contributed by atoms with Crippen LogP contribution in [0.2, 0.25) is 20.1 Å². The Morgan fingerprint density at radius 1 is 0.905 bits per heavy atom.